The van der Waals surface area contributed by atoms with Gasteiger partial charge in [-0.25, -0.2) is 13.8 Å². The summed E-state index contributed by atoms with van der Waals surface area (Å²) in [7, 11) is 0. The van der Waals surface area contributed by atoms with Gasteiger partial charge in [0.1, 0.15) is 5.82 Å². The van der Waals surface area contributed by atoms with Crippen molar-refractivity contribution in [2.24, 2.45) is 0 Å². The molecule has 3 aromatic rings. The number of H-pyrrole nitrogens is 1. The normalized spacial score (nSPS) is 11.0. The van der Waals surface area contributed by atoms with Crippen molar-refractivity contribution in [3.8, 4) is 17.1 Å². The molecule has 0 atom stereocenters. The maximum atomic E-state index is 13.4. The lowest BCUT2D eigenvalue weighted by molar-refractivity contribution is 0.396. The number of aromatic nitrogens is 2. The fourth-order valence-corrected chi connectivity index (χ4v) is 2.42. The predicted molar refractivity (Wildman–Crippen MR) is 77.1 cm³/mol. The lowest BCUT2D eigenvalue weighted by Gasteiger charge is -2.06. The number of nitrogens with one attached hydrogen (secondary N) is 1. The van der Waals surface area contributed by atoms with Gasteiger partial charge in [0.05, 0.1) is 10.9 Å². The number of halogens is 3. The van der Waals surface area contributed by atoms with Gasteiger partial charge in [-0.1, -0.05) is 6.07 Å². The number of rotatable bonds is 1. The van der Waals surface area contributed by atoms with E-state index >= 15 is 0 Å². The summed E-state index contributed by atoms with van der Waals surface area (Å²) in [6, 6.07) is 6.78. The molecule has 7 heteroatoms. The molecule has 4 nitrogen and oxygen atoms in total. The molecule has 0 aliphatic heterocycles. The average Bonchev–Trinajstić information content (AvgIpc) is 2.45. The summed E-state index contributed by atoms with van der Waals surface area (Å²) in [4.78, 5) is 18.7. The first-order valence-corrected chi connectivity index (χ1v) is 6.63. The first-order chi connectivity index (χ1) is 9.97. The molecule has 2 aromatic carbocycles. The number of aromatic hydroxyl groups is 1. The number of benzene rings is 2. The molecule has 0 saturated heterocycles. The zero-order chi connectivity index (χ0) is 15.1. The van der Waals surface area contributed by atoms with E-state index in [1.54, 1.807) is 18.2 Å². The van der Waals surface area contributed by atoms with Crippen LogP contribution in [0.3, 0.4) is 0 Å². The van der Waals surface area contributed by atoms with Crippen LogP contribution in [0.2, 0.25) is 0 Å². The van der Waals surface area contributed by atoms with Gasteiger partial charge in [0, 0.05) is 10.0 Å². The number of aromatic amines is 1. The Morgan fingerprint density at radius 1 is 1.19 bits per heavy atom. The third-order valence-electron chi connectivity index (χ3n) is 2.98. The van der Waals surface area contributed by atoms with Crippen molar-refractivity contribution in [3.05, 3.63) is 56.8 Å². The highest BCUT2D eigenvalue weighted by atomic mass is 79.9. The number of phenols is 1. The molecule has 0 bridgehead atoms. The topological polar surface area (TPSA) is 66.0 Å². The van der Waals surface area contributed by atoms with Crippen molar-refractivity contribution in [2.45, 2.75) is 0 Å². The number of nitrogens with zero attached hydrogens (tertiary/aromatic N) is 1. The molecule has 1 aromatic heterocycles. The first kappa shape index (κ1) is 13.7. The van der Waals surface area contributed by atoms with Crippen LogP contribution in [-0.4, -0.2) is 15.1 Å². The van der Waals surface area contributed by atoms with Gasteiger partial charge in [-0.05, 0) is 40.2 Å². The maximum absolute atomic E-state index is 13.4. The Bertz CT molecular complexity index is 901. The molecule has 0 saturated carbocycles. The zero-order valence-electron chi connectivity index (χ0n) is 10.3. The third-order valence-corrected chi connectivity index (χ3v) is 3.62. The summed E-state index contributed by atoms with van der Waals surface area (Å²) >= 11 is 3.27. The minimum atomic E-state index is -1.13. The van der Waals surface area contributed by atoms with Gasteiger partial charge in [-0.15, -0.1) is 0 Å². The van der Waals surface area contributed by atoms with Crippen LogP contribution in [0.4, 0.5) is 8.78 Å². The Labute approximate surface area is 125 Å². The minimum Gasteiger partial charge on any atom is -0.503 e. The molecule has 0 spiro atoms. The summed E-state index contributed by atoms with van der Waals surface area (Å²) in [6.45, 7) is 0. The van der Waals surface area contributed by atoms with Crippen LogP contribution < -0.4 is 5.56 Å². The highest BCUT2D eigenvalue weighted by molar-refractivity contribution is 9.10. The summed E-state index contributed by atoms with van der Waals surface area (Å²) in [5.41, 5.74) is -0.0205. The van der Waals surface area contributed by atoms with Gasteiger partial charge in [-0.2, -0.15) is 0 Å². The number of fused-ring (bicyclic) bond motifs is 1. The lowest BCUT2D eigenvalue weighted by Crippen LogP contribution is -2.10. The van der Waals surface area contributed by atoms with E-state index in [0.717, 1.165) is 12.1 Å². The second-order valence-corrected chi connectivity index (χ2v) is 5.19. The van der Waals surface area contributed by atoms with E-state index in [9.17, 15) is 13.6 Å². The fourth-order valence-electron chi connectivity index (χ4n) is 1.97. The fraction of sp³-hybridized carbons (Fsp3) is 0. The standard InChI is InChI=1S/C14H7BrF2N2O2/c15-8-3-1-2-7-11(8)18-13(19-14(7)21)6-4-9(16)12(20)10(17)5-6/h1-5,20H,(H,18,19,21). The molecule has 3 rings (SSSR count). The van der Waals surface area contributed by atoms with Crippen LogP contribution >= 0.6 is 15.9 Å². The average molecular weight is 353 g/mol. The van der Waals surface area contributed by atoms with Crippen molar-refractivity contribution >= 4 is 26.8 Å². The summed E-state index contributed by atoms with van der Waals surface area (Å²) in [5, 5.41) is 9.45. The van der Waals surface area contributed by atoms with Gasteiger partial charge in [-0.3, -0.25) is 4.79 Å². The van der Waals surface area contributed by atoms with Crippen molar-refractivity contribution in [1.29, 1.82) is 0 Å². The molecular formula is C14H7BrF2N2O2. The molecule has 0 amide bonds. The molecular weight excluding hydrogens is 346 g/mol. The maximum Gasteiger partial charge on any atom is 0.259 e. The smallest absolute Gasteiger partial charge is 0.259 e. The van der Waals surface area contributed by atoms with Crippen LogP contribution in [0.25, 0.3) is 22.3 Å². The van der Waals surface area contributed by atoms with Gasteiger partial charge in [0.2, 0.25) is 0 Å². The SMILES string of the molecule is O=c1[nH]c(-c2cc(F)c(O)c(F)c2)nc2c(Br)cccc12. The Morgan fingerprint density at radius 2 is 1.86 bits per heavy atom. The van der Waals surface area contributed by atoms with E-state index < -0.39 is 22.9 Å². The van der Waals surface area contributed by atoms with Gasteiger partial charge in [0.25, 0.3) is 5.56 Å². The van der Waals surface area contributed by atoms with Crippen LogP contribution in [-0.2, 0) is 0 Å². The van der Waals surface area contributed by atoms with Gasteiger partial charge < -0.3 is 10.1 Å². The van der Waals surface area contributed by atoms with Gasteiger partial charge in [0.15, 0.2) is 17.4 Å². The molecule has 0 aliphatic rings. The summed E-state index contributed by atoms with van der Waals surface area (Å²) in [5.74, 6) is -3.31. The predicted octanol–water partition coefficient (Wildman–Crippen LogP) is 3.34. The van der Waals surface area contributed by atoms with Gasteiger partial charge >= 0.3 is 0 Å². The van der Waals surface area contributed by atoms with Crippen LogP contribution in [0.5, 0.6) is 5.75 Å². The van der Waals surface area contributed by atoms with Crippen LogP contribution in [0.15, 0.2) is 39.6 Å². The van der Waals surface area contributed by atoms with E-state index in [0.29, 0.717) is 15.4 Å². The Morgan fingerprint density at radius 3 is 2.52 bits per heavy atom. The van der Waals surface area contributed by atoms with E-state index in [2.05, 4.69) is 25.9 Å². The lowest BCUT2D eigenvalue weighted by atomic mass is 10.1. The quantitative estimate of drug-likeness (QED) is 0.705. The second kappa shape index (κ2) is 4.92. The number of hydrogen-bond donors (Lipinski definition) is 2. The molecule has 0 unspecified atom stereocenters. The number of phenolic OH excluding ortho intramolecular Hbond substituents is 1. The number of hydrogen-bond acceptors (Lipinski definition) is 3. The summed E-state index contributed by atoms with van der Waals surface area (Å²) in [6.07, 6.45) is 0. The molecule has 106 valence electrons. The highest BCUT2D eigenvalue weighted by Gasteiger charge is 2.14. The second-order valence-electron chi connectivity index (χ2n) is 4.34. The van der Waals surface area contributed by atoms with Crippen molar-refractivity contribution in [3.63, 3.8) is 0 Å². The Hall–Kier alpha value is -2.28. The largest absolute Gasteiger partial charge is 0.503 e. The first-order valence-electron chi connectivity index (χ1n) is 5.84. The Kier molecular flexibility index (Phi) is 3.21. The molecule has 2 N–H and O–H groups in total. The zero-order valence-corrected chi connectivity index (χ0v) is 11.9. The molecule has 21 heavy (non-hydrogen) atoms. The van der Waals surface area contributed by atoms with Crippen molar-refractivity contribution in [1.82, 2.24) is 9.97 Å². The number of para-hydroxylation sites is 1. The van der Waals surface area contributed by atoms with Crippen molar-refractivity contribution in [2.75, 3.05) is 0 Å². The van der Waals surface area contributed by atoms with Crippen LogP contribution in [0, 0.1) is 11.6 Å². The Balaban J connectivity index is 2.31. The molecule has 0 fully saturated rings. The third kappa shape index (κ3) is 2.29. The van der Waals surface area contributed by atoms with E-state index in [1.165, 1.54) is 0 Å². The monoisotopic (exact) mass is 352 g/mol. The highest BCUT2D eigenvalue weighted by Crippen LogP contribution is 2.27. The molecule has 0 radical (unpaired) electrons. The van der Waals surface area contributed by atoms with Crippen molar-refractivity contribution < 1.29 is 13.9 Å². The van der Waals surface area contributed by atoms with E-state index in [1.807, 2.05) is 0 Å². The minimum absolute atomic E-state index is 0.0113. The van der Waals surface area contributed by atoms with E-state index in [-0.39, 0.29) is 11.4 Å². The van der Waals surface area contributed by atoms with E-state index in [4.69, 9.17) is 5.11 Å². The molecule has 1 heterocycles. The molecule has 0 aliphatic carbocycles. The van der Waals surface area contributed by atoms with Crippen LogP contribution in [0.1, 0.15) is 0 Å². The summed E-state index contributed by atoms with van der Waals surface area (Å²) < 4.78 is 27.4.